The van der Waals surface area contributed by atoms with Crippen molar-refractivity contribution in [1.82, 2.24) is 0 Å². The van der Waals surface area contributed by atoms with E-state index in [2.05, 4.69) is 0 Å². The largest absolute Gasteiger partial charge is 0.496 e. The highest BCUT2D eigenvalue weighted by molar-refractivity contribution is 6.00. The molecular formula is C17H22O7. The van der Waals surface area contributed by atoms with Gasteiger partial charge >= 0.3 is 11.9 Å². The van der Waals surface area contributed by atoms with Gasteiger partial charge in [-0.1, -0.05) is 6.07 Å². The smallest absolute Gasteiger partial charge is 0.324 e. The van der Waals surface area contributed by atoms with Gasteiger partial charge in [-0.05, 0) is 31.5 Å². The lowest BCUT2D eigenvalue weighted by molar-refractivity contribution is -0.156. The summed E-state index contributed by atoms with van der Waals surface area (Å²) in [6.07, 6.45) is -0.516. The Labute approximate surface area is 140 Å². The van der Waals surface area contributed by atoms with E-state index >= 15 is 0 Å². The molecule has 7 heteroatoms. The fraction of sp³-hybridized carbons (Fsp3) is 0.529. The Morgan fingerprint density at radius 3 is 2.21 bits per heavy atom. The van der Waals surface area contributed by atoms with E-state index in [-0.39, 0.29) is 13.2 Å². The quantitative estimate of drug-likeness (QED) is 0.555. The van der Waals surface area contributed by atoms with E-state index in [1.54, 1.807) is 32.0 Å². The maximum Gasteiger partial charge on any atom is 0.324 e. The van der Waals surface area contributed by atoms with E-state index in [1.165, 1.54) is 7.11 Å². The van der Waals surface area contributed by atoms with E-state index in [9.17, 15) is 9.59 Å². The van der Waals surface area contributed by atoms with Gasteiger partial charge in [-0.3, -0.25) is 9.59 Å². The van der Waals surface area contributed by atoms with E-state index in [1.807, 2.05) is 0 Å². The Morgan fingerprint density at radius 1 is 1.12 bits per heavy atom. The number of carbonyl (C=O) groups is 2. The van der Waals surface area contributed by atoms with Crippen LogP contribution < -0.4 is 4.74 Å². The van der Waals surface area contributed by atoms with Crippen molar-refractivity contribution in [2.45, 2.75) is 26.1 Å². The molecule has 7 nitrogen and oxygen atoms in total. The van der Waals surface area contributed by atoms with Crippen LogP contribution >= 0.6 is 0 Å². The normalized spacial score (nSPS) is 14.7. The predicted molar refractivity (Wildman–Crippen MR) is 83.6 cm³/mol. The molecule has 0 unspecified atom stereocenters. The number of ether oxygens (including phenoxy) is 5. The molecule has 1 aromatic rings. The Bertz CT molecular complexity index is 560. The zero-order valence-corrected chi connectivity index (χ0v) is 14.1. The molecule has 1 aliphatic heterocycles. The standard InChI is InChI=1S/C17H22O7/c1-4-21-15(18)14(16(19)22-5-2)11-6-7-12(13(10-11)20-3)17-23-8-9-24-17/h6-7,10,14,17H,4-5,8-9H2,1-3H3. The highest BCUT2D eigenvalue weighted by Gasteiger charge is 2.33. The summed E-state index contributed by atoms with van der Waals surface area (Å²) >= 11 is 0. The van der Waals surface area contributed by atoms with Crippen molar-refractivity contribution in [3.05, 3.63) is 29.3 Å². The summed E-state index contributed by atoms with van der Waals surface area (Å²) in [7, 11) is 1.50. The van der Waals surface area contributed by atoms with Crippen molar-refractivity contribution >= 4 is 11.9 Å². The van der Waals surface area contributed by atoms with Crippen LogP contribution in [-0.2, 0) is 28.5 Å². The third kappa shape index (κ3) is 4.04. The van der Waals surface area contributed by atoms with Crippen molar-refractivity contribution in [1.29, 1.82) is 0 Å². The zero-order chi connectivity index (χ0) is 17.5. The molecule has 0 N–H and O–H groups in total. The van der Waals surface area contributed by atoms with Crippen LogP contribution in [0, 0.1) is 0 Å². The molecular weight excluding hydrogens is 316 g/mol. The minimum Gasteiger partial charge on any atom is -0.496 e. The second-order valence-corrected chi connectivity index (χ2v) is 5.01. The molecule has 0 bridgehead atoms. The molecule has 1 heterocycles. The molecule has 1 aliphatic rings. The minimum atomic E-state index is -1.15. The SMILES string of the molecule is CCOC(=O)C(C(=O)OCC)c1ccc(C2OCCO2)c(OC)c1. The lowest BCUT2D eigenvalue weighted by atomic mass is 9.97. The van der Waals surface area contributed by atoms with Crippen LogP contribution in [0.25, 0.3) is 0 Å². The number of benzene rings is 1. The molecule has 0 spiro atoms. The first-order chi connectivity index (χ1) is 11.6. The average Bonchev–Trinajstić information content (AvgIpc) is 3.09. The summed E-state index contributed by atoms with van der Waals surface area (Å²) in [4.78, 5) is 24.4. The maximum atomic E-state index is 12.2. The molecule has 0 aromatic heterocycles. The Morgan fingerprint density at radius 2 is 1.71 bits per heavy atom. The lowest BCUT2D eigenvalue weighted by Gasteiger charge is -2.18. The van der Waals surface area contributed by atoms with Gasteiger partial charge in [-0.15, -0.1) is 0 Å². The van der Waals surface area contributed by atoms with Gasteiger partial charge in [0.05, 0.1) is 33.5 Å². The topological polar surface area (TPSA) is 80.3 Å². The first-order valence-corrected chi connectivity index (χ1v) is 7.86. The lowest BCUT2D eigenvalue weighted by Crippen LogP contribution is -2.26. The van der Waals surface area contributed by atoms with Gasteiger partial charge in [0, 0.05) is 5.56 Å². The Hall–Kier alpha value is -2.12. The van der Waals surface area contributed by atoms with Crippen molar-refractivity contribution in [3.8, 4) is 5.75 Å². The van der Waals surface area contributed by atoms with E-state index in [0.717, 1.165) is 0 Å². The summed E-state index contributed by atoms with van der Waals surface area (Å²) in [5, 5.41) is 0. The second-order valence-electron chi connectivity index (χ2n) is 5.01. The molecule has 132 valence electrons. The third-order valence-electron chi connectivity index (χ3n) is 3.51. The van der Waals surface area contributed by atoms with Gasteiger partial charge < -0.3 is 23.7 Å². The number of rotatable bonds is 7. The monoisotopic (exact) mass is 338 g/mol. The molecule has 1 saturated heterocycles. The average molecular weight is 338 g/mol. The van der Waals surface area contributed by atoms with Gasteiger partial charge in [0.25, 0.3) is 0 Å². The predicted octanol–water partition coefficient (Wildman–Crippen LogP) is 1.95. The number of hydrogen-bond acceptors (Lipinski definition) is 7. The molecule has 0 amide bonds. The van der Waals surface area contributed by atoms with Crippen molar-refractivity contribution < 1.29 is 33.3 Å². The molecule has 1 fully saturated rings. The number of methoxy groups -OCH3 is 1. The van der Waals surface area contributed by atoms with Crippen molar-refractivity contribution in [2.75, 3.05) is 33.5 Å². The minimum absolute atomic E-state index is 0.174. The van der Waals surface area contributed by atoms with Gasteiger partial charge in [-0.25, -0.2) is 0 Å². The Balaban J connectivity index is 2.34. The Kier molecular flexibility index (Phi) is 6.57. The molecule has 2 rings (SSSR count). The molecule has 0 saturated carbocycles. The highest BCUT2D eigenvalue weighted by Crippen LogP contribution is 2.34. The van der Waals surface area contributed by atoms with Crippen LogP contribution in [0.5, 0.6) is 5.75 Å². The zero-order valence-electron chi connectivity index (χ0n) is 14.1. The molecule has 0 atom stereocenters. The summed E-state index contributed by atoms with van der Waals surface area (Å²) < 4.78 is 26.3. The number of carbonyl (C=O) groups excluding carboxylic acids is 2. The van der Waals surface area contributed by atoms with Crippen molar-refractivity contribution in [3.63, 3.8) is 0 Å². The van der Waals surface area contributed by atoms with Crippen LogP contribution in [0.15, 0.2) is 18.2 Å². The summed E-state index contributed by atoms with van der Waals surface area (Å²) in [6.45, 7) is 4.71. The van der Waals surface area contributed by atoms with Crippen LogP contribution in [0.4, 0.5) is 0 Å². The fourth-order valence-electron chi connectivity index (χ4n) is 2.46. The van der Waals surface area contributed by atoms with Crippen LogP contribution in [-0.4, -0.2) is 45.5 Å². The first kappa shape index (κ1) is 18.2. The van der Waals surface area contributed by atoms with E-state index < -0.39 is 24.1 Å². The first-order valence-electron chi connectivity index (χ1n) is 7.86. The molecule has 0 aliphatic carbocycles. The highest BCUT2D eigenvalue weighted by atomic mass is 16.7. The van der Waals surface area contributed by atoms with Crippen LogP contribution in [0.2, 0.25) is 0 Å². The van der Waals surface area contributed by atoms with Crippen molar-refractivity contribution in [2.24, 2.45) is 0 Å². The maximum absolute atomic E-state index is 12.2. The molecule has 1 aromatic carbocycles. The van der Waals surface area contributed by atoms with Crippen LogP contribution in [0.3, 0.4) is 0 Å². The van der Waals surface area contributed by atoms with E-state index in [0.29, 0.717) is 30.1 Å². The summed E-state index contributed by atoms with van der Waals surface area (Å²) in [5.41, 5.74) is 1.13. The second kappa shape index (κ2) is 8.65. The summed E-state index contributed by atoms with van der Waals surface area (Å²) in [5.74, 6) is -1.99. The van der Waals surface area contributed by atoms with Crippen LogP contribution in [0.1, 0.15) is 37.2 Å². The molecule has 24 heavy (non-hydrogen) atoms. The van der Waals surface area contributed by atoms with Gasteiger partial charge in [0.15, 0.2) is 12.2 Å². The number of hydrogen-bond donors (Lipinski definition) is 0. The fourth-order valence-corrected chi connectivity index (χ4v) is 2.46. The third-order valence-corrected chi connectivity index (χ3v) is 3.51. The van der Waals surface area contributed by atoms with Gasteiger partial charge in [-0.2, -0.15) is 0 Å². The van der Waals surface area contributed by atoms with Gasteiger partial charge in [0.1, 0.15) is 5.75 Å². The van der Waals surface area contributed by atoms with Gasteiger partial charge in [0.2, 0.25) is 0 Å². The molecule has 0 radical (unpaired) electrons. The summed E-state index contributed by atoms with van der Waals surface area (Å²) in [6, 6.07) is 4.98. The van der Waals surface area contributed by atoms with E-state index in [4.69, 9.17) is 23.7 Å². The number of esters is 2.